The summed E-state index contributed by atoms with van der Waals surface area (Å²) >= 11 is 0. The molecule has 0 bridgehead atoms. The fraction of sp³-hybridized carbons (Fsp3) is 0.273. The predicted molar refractivity (Wildman–Crippen MR) is 58.5 cm³/mol. The second-order valence-corrected chi connectivity index (χ2v) is 3.74. The molecule has 17 heavy (non-hydrogen) atoms. The van der Waals surface area contributed by atoms with E-state index >= 15 is 0 Å². The average Bonchev–Trinajstić information content (AvgIpc) is 2.63. The summed E-state index contributed by atoms with van der Waals surface area (Å²) < 4.78 is 26.0. The molecule has 0 aromatic heterocycles. The first kappa shape index (κ1) is 11.7. The van der Waals surface area contributed by atoms with E-state index in [0.717, 1.165) is 12.1 Å². The van der Waals surface area contributed by atoms with Crippen LogP contribution in [0, 0.1) is 11.6 Å². The number of Topliss-reactive ketones (excluding diaryl/α,β-unsaturated/α-hetero) is 1. The van der Waals surface area contributed by atoms with Crippen molar-refractivity contribution in [3.05, 3.63) is 35.4 Å². The van der Waals surface area contributed by atoms with Gasteiger partial charge in [-0.05, 0) is 19.1 Å². The maximum absolute atomic E-state index is 13.3. The smallest absolute Gasteiger partial charge is 0.186 e. The largest absolute Gasteiger partial charge is 0.292 e. The summed E-state index contributed by atoms with van der Waals surface area (Å²) in [6, 6.07) is 2.90. The zero-order valence-electron chi connectivity index (χ0n) is 9.15. The van der Waals surface area contributed by atoms with Crippen LogP contribution in [0.2, 0.25) is 0 Å². The molecular weight excluding hydrogens is 228 g/mol. The SMILES string of the molecule is CC1N=CN(CC(=O)c2ccc(F)cc2F)N1. The first-order valence-electron chi connectivity index (χ1n) is 5.10. The van der Waals surface area contributed by atoms with Gasteiger partial charge in [-0.25, -0.2) is 14.2 Å². The molecule has 1 atom stereocenters. The van der Waals surface area contributed by atoms with Crippen molar-refractivity contribution < 1.29 is 13.6 Å². The lowest BCUT2D eigenvalue weighted by Crippen LogP contribution is -2.39. The zero-order valence-corrected chi connectivity index (χ0v) is 9.15. The molecule has 6 heteroatoms. The number of nitrogens with one attached hydrogen (secondary N) is 1. The fourth-order valence-electron chi connectivity index (χ4n) is 1.53. The van der Waals surface area contributed by atoms with Crippen LogP contribution in [0.25, 0.3) is 0 Å². The summed E-state index contributed by atoms with van der Waals surface area (Å²) in [5, 5.41) is 1.47. The summed E-state index contributed by atoms with van der Waals surface area (Å²) in [7, 11) is 0. The summed E-state index contributed by atoms with van der Waals surface area (Å²) in [4.78, 5) is 15.7. The predicted octanol–water partition coefficient (Wildman–Crippen LogP) is 1.34. The van der Waals surface area contributed by atoms with E-state index in [2.05, 4.69) is 10.4 Å². The normalized spacial score (nSPS) is 18.8. The highest BCUT2D eigenvalue weighted by atomic mass is 19.1. The van der Waals surface area contributed by atoms with Gasteiger partial charge in [0, 0.05) is 6.07 Å². The standard InChI is InChI=1S/C11H11F2N3O/c1-7-14-6-16(15-7)5-11(17)9-3-2-8(12)4-10(9)13/h2-4,6-7,15H,5H2,1H3. The van der Waals surface area contributed by atoms with Crippen LogP contribution in [-0.4, -0.2) is 29.8 Å². The van der Waals surface area contributed by atoms with Gasteiger partial charge in [-0.3, -0.25) is 14.8 Å². The molecule has 0 amide bonds. The number of hydrogen-bond donors (Lipinski definition) is 1. The number of carbonyl (C=O) groups excluding carboxylic acids is 1. The van der Waals surface area contributed by atoms with Gasteiger partial charge in [-0.15, -0.1) is 0 Å². The maximum atomic E-state index is 13.3. The molecule has 0 fully saturated rings. The quantitative estimate of drug-likeness (QED) is 0.809. The second kappa shape index (κ2) is 4.58. The van der Waals surface area contributed by atoms with Crippen molar-refractivity contribution in [3.8, 4) is 0 Å². The Bertz CT molecular complexity index is 476. The molecule has 4 nitrogen and oxygen atoms in total. The lowest BCUT2D eigenvalue weighted by atomic mass is 10.1. The molecule has 0 saturated carbocycles. The minimum absolute atomic E-state index is 0.0452. The molecule has 90 valence electrons. The Morgan fingerprint density at radius 2 is 2.29 bits per heavy atom. The van der Waals surface area contributed by atoms with Crippen molar-refractivity contribution in [2.24, 2.45) is 4.99 Å². The Morgan fingerprint density at radius 1 is 1.53 bits per heavy atom. The number of hydrogen-bond acceptors (Lipinski definition) is 4. The third kappa shape index (κ3) is 2.65. The van der Waals surface area contributed by atoms with E-state index in [0.29, 0.717) is 6.07 Å². The number of halogens is 2. The van der Waals surface area contributed by atoms with E-state index in [-0.39, 0.29) is 18.3 Å². The van der Waals surface area contributed by atoms with Gasteiger partial charge in [0.15, 0.2) is 5.78 Å². The molecular formula is C11H11F2N3O. The van der Waals surface area contributed by atoms with Gasteiger partial charge < -0.3 is 0 Å². The number of hydrazine groups is 1. The van der Waals surface area contributed by atoms with Crippen LogP contribution in [0.1, 0.15) is 17.3 Å². The molecule has 1 N–H and O–H groups in total. The minimum Gasteiger partial charge on any atom is -0.292 e. The van der Waals surface area contributed by atoms with Gasteiger partial charge in [-0.1, -0.05) is 0 Å². The highest BCUT2D eigenvalue weighted by Crippen LogP contribution is 2.11. The first-order chi connectivity index (χ1) is 8.06. The molecule has 0 radical (unpaired) electrons. The Hall–Kier alpha value is -1.82. The van der Waals surface area contributed by atoms with Crippen LogP contribution in [0.3, 0.4) is 0 Å². The van der Waals surface area contributed by atoms with Gasteiger partial charge in [0.2, 0.25) is 0 Å². The van der Waals surface area contributed by atoms with Gasteiger partial charge in [0.1, 0.15) is 24.1 Å². The van der Waals surface area contributed by atoms with Crippen LogP contribution in [-0.2, 0) is 0 Å². The molecule has 1 unspecified atom stereocenters. The molecule has 1 aliphatic rings. The van der Waals surface area contributed by atoms with Crippen LogP contribution in [0.15, 0.2) is 23.2 Å². The summed E-state index contributed by atoms with van der Waals surface area (Å²) in [6.45, 7) is 1.77. The highest BCUT2D eigenvalue weighted by molar-refractivity contribution is 5.98. The monoisotopic (exact) mass is 239 g/mol. The number of benzene rings is 1. The average molecular weight is 239 g/mol. The van der Waals surface area contributed by atoms with Gasteiger partial charge in [0.25, 0.3) is 0 Å². The van der Waals surface area contributed by atoms with Crippen molar-refractivity contribution in [1.82, 2.24) is 10.4 Å². The van der Waals surface area contributed by atoms with E-state index in [1.165, 1.54) is 11.3 Å². The van der Waals surface area contributed by atoms with Gasteiger partial charge >= 0.3 is 0 Å². The van der Waals surface area contributed by atoms with Gasteiger partial charge in [-0.2, -0.15) is 0 Å². The molecule has 1 heterocycles. The van der Waals surface area contributed by atoms with E-state index in [1.807, 2.05) is 6.92 Å². The number of carbonyl (C=O) groups is 1. The summed E-state index contributed by atoms with van der Waals surface area (Å²) in [5.41, 5.74) is 2.76. The molecule has 2 rings (SSSR count). The topological polar surface area (TPSA) is 44.7 Å². The lowest BCUT2D eigenvalue weighted by Gasteiger charge is -2.15. The lowest BCUT2D eigenvalue weighted by molar-refractivity contribution is 0.0944. The van der Waals surface area contributed by atoms with Crippen LogP contribution < -0.4 is 5.43 Å². The third-order valence-electron chi connectivity index (χ3n) is 2.33. The second-order valence-electron chi connectivity index (χ2n) is 3.74. The van der Waals surface area contributed by atoms with E-state index < -0.39 is 17.4 Å². The van der Waals surface area contributed by atoms with Crippen molar-refractivity contribution in [1.29, 1.82) is 0 Å². The Kier molecular flexibility index (Phi) is 3.14. The number of aliphatic imine (C=N–C) groups is 1. The Morgan fingerprint density at radius 3 is 2.88 bits per heavy atom. The fourth-order valence-corrected chi connectivity index (χ4v) is 1.53. The molecule has 1 aliphatic heterocycles. The number of rotatable bonds is 3. The Balaban J connectivity index is 2.07. The maximum Gasteiger partial charge on any atom is 0.186 e. The van der Waals surface area contributed by atoms with Crippen molar-refractivity contribution >= 4 is 12.1 Å². The summed E-state index contributed by atoms with van der Waals surface area (Å²) in [5.74, 6) is -1.98. The van der Waals surface area contributed by atoms with E-state index in [4.69, 9.17) is 0 Å². The molecule has 1 aromatic carbocycles. The van der Waals surface area contributed by atoms with Crippen molar-refractivity contribution in [2.75, 3.05) is 6.54 Å². The van der Waals surface area contributed by atoms with E-state index in [9.17, 15) is 13.6 Å². The van der Waals surface area contributed by atoms with E-state index in [1.54, 1.807) is 0 Å². The summed E-state index contributed by atoms with van der Waals surface area (Å²) in [6.07, 6.45) is 1.38. The number of ketones is 1. The van der Waals surface area contributed by atoms with Crippen LogP contribution in [0.5, 0.6) is 0 Å². The number of nitrogens with zero attached hydrogens (tertiary/aromatic N) is 2. The molecule has 0 spiro atoms. The zero-order chi connectivity index (χ0) is 12.4. The molecule has 0 saturated heterocycles. The van der Waals surface area contributed by atoms with Gasteiger partial charge in [0.05, 0.1) is 12.1 Å². The molecule has 1 aromatic rings. The van der Waals surface area contributed by atoms with Crippen LogP contribution >= 0.6 is 0 Å². The minimum atomic E-state index is -0.848. The highest BCUT2D eigenvalue weighted by Gasteiger charge is 2.18. The first-order valence-corrected chi connectivity index (χ1v) is 5.10. The van der Waals surface area contributed by atoms with Crippen molar-refractivity contribution in [2.45, 2.75) is 13.1 Å². The van der Waals surface area contributed by atoms with Crippen LogP contribution in [0.4, 0.5) is 8.78 Å². The third-order valence-corrected chi connectivity index (χ3v) is 2.33. The Labute approximate surface area is 96.9 Å². The molecule has 0 aliphatic carbocycles. The van der Waals surface area contributed by atoms with Crippen molar-refractivity contribution in [3.63, 3.8) is 0 Å².